The van der Waals surface area contributed by atoms with Crippen LogP contribution in [0, 0.1) is 11.8 Å². The van der Waals surface area contributed by atoms with Crippen molar-refractivity contribution in [3.63, 3.8) is 0 Å². The molecule has 1 aromatic heterocycles. The Morgan fingerprint density at radius 3 is 2.89 bits per heavy atom. The molecule has 0 N–H and O–H groups in total. The number of rotatable bonds is 2. The summed E-state index contributed by atoms with van der Waals surface area (Å²) in [5, 5.41) is 1.20. The molecule has 0 aliphatic heterocycles. The highest BCUT2D eigenvalue weighted by Gasteiger charge is 2.26. The molecule has 2 unspecified atom stereocenters. The normalized spacial score (nSPS) is 24.3. The Kier molecular flexibility index (Phi) is 3.21. The Morgan fingerprint density at radius 2 is 2.11 bits per heavy atom. The highest BCUT2D eigenvalue weighted by molar-refractivity contribution is 7.20. The van der Waals surface area contributed by atoms with Crippen LogP contribution in [0.1, 0.15) is 42.3 Å². The topological polar surface area (TPSA) is 17.1 Å². The summed E-state index contributed by atoms with van der Waals surface area (Å²) >= 11 is 1.65. The molecule has 1 nitrogen and oxygen atoms in total. The molecule has 1 heterocycles. The maximum Gasteiger partial charge on any atom is 0.175 e. The fourth-order valence-corrected chi connectivity index (χ4v) is 4.06. The number of thiophene rings is 1. The van der Waals surface area contributed by atoms with Crippen molar-refractivity contribution in [1.82, 2.24) is 0 Å². The van der Waals surface area contributed by atoms with Crippen LogP contribution in [-0.2, 0) is 0 Å². The van der Waals surface area contributed by atoms with Crippen molar-refractivity contribution in [2.24, 2.45) is 11.8 Å². The molecular weight excluding hydrogens is 240 g/mol. The van der Waals surface area contributed by atoms with Crippen molar-refractivity contribution < 1.29 is 4.79 Å². The second-order valence-electron chi connectivity index (χ2n) is 5.48. The molecule has 0 saturated heterocycles. The quantitative estimate of drug-likeness (QED) is 0.699. The predicted octanol–water partition coefficient (Wildman–Crippen LogP) is 4.91. The van der Waals surface area contributed by atoms with Gasteiger partial charge in [0.15, 0.2) is 5.78 Å². The maximum atomic E-state index is 12.5. The third kappa shape index (κ3) is 2.22. The molecule has 2 atom stereocenters. The van der Waals surface area contributed by atoms with Crippen LogP contribution in [0.3, 0.4) is 0 Å². The van der Waals surface area contributed by atoms with Gasteiger partial charge in [0, 0.05) is 10.6 Å². The largest absolute Gasteiger partial charge is 0.293 e. The zero-order valence-electron chi connectivity index (χ0n) is 10.7. The van der Waals surface area contributed by atoms with Gasteiger partial charge < -0.3 is 0 Å². The molecule has 2 heteroatoms. The molecule has 0 spiro atoms. The van der Waals surface area contributed by atoms with Crippen molar-refractivity contribution in [2.75, 3.05) is 0 Å². The first-order valence-corrected chi connectivity index (χ1v) is 7.58. The van der Waals surface area contributed by atoms with Gasteiger partial charge in [0.25, 0.3) is 0 Å². The van der Waals surface area contributed by atoms with Crippen molar-refractivity contribution >= 4 is 27.2 Å². The third-order valence-electron chi connectivity index (χ3n) is 3.98. The Balaban J connectivity index is 1.87. The van der Waals surface area contributed by atoms with E-state index in [1.165, 1.54) is 22.9 Å². The van der Waals surface area contributed by atoms with E-state index >= 15 is 0 Å². The fraction of sp³-hybridized carbons (Fsp3) is 0.438. The van der Waals surface area contributed by atoms with E-state index in [0.717, 1.165) is 17.7 Å². The molecule has 1 fully saturated rings. The van der Waals surface area contributed by atoms with E-state index in [-0.39, 0.29) is 5.92 Å². The zero-order chi connectivity index (χ0) is 12.5. The van der Waals surface area contributed by atoms with Gasteiger partial charge in [0.1, 0.15) is 0 Å². The number of fused-ring (bicyclic) bond motifs is 1. The summed E-state index contributed by atoms with van der Waals surface area (Å²) in [4.78, 5) is 13.5. The number of benzene rings is 1. The second kappa shape index (κ2) is 4.85. The van der Waals surface area contributed by atoms with E-state index in [4.69, 9.17) is 0 Å². The van der Waals surface area contributed by atoms with Gasteiger partial charge >= 0.3 is 0 Å². The lowest BCUT2D eigenvalue weighted by Crippen LogP contribution is -2.21. The van der Waals surface area contributed by atoms with Gasteiger partial charge in [-0.15, -0.1) is 11.3 Å². The molecule has 18 heavy (non-hydrogen) atoms. The first-order valence-electron chi connectivity index (χ1n) is 6.77. The van der Waals surface area contributed by atoms with Crippen LogP contribution < -0.4 is 0 Å². The summed E-state index contributed by atoms with van der Waals surface area (Å²) < 4.78 is 1.23. The van der Waals surface area contributed by atoms with Crippen LogP contribution in [0.25, 0.3) is 10.1 Å². The molecule has 1 aliphatic rings. The fourth-order valence-electron chi connectivity index (χ4n) is 2.98. The number of carbonyl (C=O) groups is 1. The third-order valence-corrected chi connectivity index (χ3v) is 5.11. The summed E-state index contributed by atoms with van der Waals surface area (Å²) in [5.41, 5.74) is 0. The van der Waals surface area contributed by atoms with Crippen LogP contribution >= 0.6 is 11.3 Å². The van der Waals surface area contributed by atoms with Crippen LogP contribution in [0.2, 0.25) is 0 Å². The van der Waals surface area contributed by atoms with Gasteiger partial charge in [-0.1, -0.05) is 38.0 Å². The van der Waals surface area contributed by atoms with E-state index in [1.54, 1.807) is 11.3 Å². The average Bonchev–Trinajstić information content (AvgIpc) is 2.81. The minimum atomic E-state index is 0.266. The van der Waals surface area contributed by atoms with Gasteiger partial charge in [0.05, 0.1) is 4.88 Å². The molecule has 0 amide bonds. The van der Waals surface area contributed by atoms with Crippen LogP contribution in [0.4, 0.5) is 0 Å². The van der Waals surface area contributed by atoms with E-state index in [2.05, 4.69) is 25.1 Å². The van der Waals surface area contributed by atoms with Gasteiger partial charge in [-0.05, 0) is 36.3 Å². The number of hydrogen-bond donors (Lipinski definition) is 0. The van der Waals surface area contributed by atoms with Gasteiger partial charge in [-0.2, -0.15) is 0 Å². The van der Waals surface area contributed by atoms with E-state index in [1.807, 2.05) is 12.1 Å². The van der Waals surface area contributed by atoms with Gasteiger partial charge in [-0.25, -0.2) is 0 Å². The van der Waals surface area contributed by atoms with Crippen molar-refractivity contribution in [3.8, 4) is 0 Å². The number of carbonyl (C=O) groups excluding carboxylic acids is 1. The number of ketones is 1. The molecule has 94 valence electrons. The Hall–Kier alpha value is -1.15. The van der Waals surface area contributed by atoms with E-state index in [0.29, 0.717) is 11.7 Å². The lowest BCUT2D eigenvalue weighted by atomic mass is 9.80. The Labute approximate surface area is 112 Å². The highest BCUT2D eigenvalue weighted by atomic mass is 32.1. The summed E-state index contributed by atoms with van der Waals surface area (Å²) in [6, 6.07) is 10.3. The van der Waals surface area contributed by atoms with E-state index < -0.39 is 0 Å². The number of Topliss-reactive ketones (excluding diaryl/α,β-unsaturated/α-hetero) is 1. The SMILES string of the molecule is CC1CCCC(C(=O)c2cc3ccccc3s2)C1. The van der Waals surface area contributed by atoms with Crippen molar-refractivity contribution in [2.45, 2.75) is 32.6 Å². The van der Waals surface area contributed by atoms with Gasteiger partial charge in [-0.3, -0.25) is 4.79 Å². The Bertz CT molecular complexity index is 536. The van der Waals surface area contributed by atoms with Crippen LogP contribution in [0.5, 0.6) is 0 Å². The molecule has 2 aromatic rings. The first-order chi connectivity index (χ1) is 8.74. The van der Waals surface area contributed by atoms with E-state index in [9.17, 15) is 4.79 Å². The lowest BCUT2D eigenvalue weighted by molar-refractivity contribution is 0.0873. The molecule has 1 aromatic carbocycles. The first kappa shape index (κ1) is 11.9. The van der Waals surface area contributed by atoms with Crippen LogP contribution in [-0.4, -0.2) is 5.78 Å². The highest BCUT2D eigenvalue weighted by Crippen LogP contribution is 2.34. The Morgan fingerprint density at radius 1 is 1.28 bits per heavy atom. The second-order valence-corrected chi connectivity index (χ2v) is 6.57. The minimum Gasteiger partial charge on any atom is -0.293 e. The summed E-state index contributed by atoms with van der Waals surface area (Å²) in [5.74, 6) is 1.35. The summed E-state index contributed by atoms with van der Waals surface area (Å²) in [6.07, 6.45) is 4.66. The summed E-state index contributed by atoms with van der Waals surface area (Å²) in [7, 11) is 0. The summed E-state index contributed by atoms with van der Waals surface area (Å²) in [6.45, 7) is 2.27. The molecule has 0 radical (unpaired) electrons. The predicted molar refractivity (Wildman–Crippen MR) is 77.3 cm³/mol. The molecule has 1 saturated carbocycles. The standard InChI is InChI=1S/C16H18OS/c1-11-5-4-7-13(9-11)16(17)15-10-12-6-2-3-8-14(12)18-15/h2-3,6,8,10-11,13H,4-5,7,9H2,1H3. The molecule has 1 aliphatic carbocycles. The van der Waals surface area contributed by atoms with Crippen molar-refractivity contribution in [3.05, 3.63) is 35.2 Å². The number of hydrogen-bond acceptors (Lipinski definition) is 2. The monoisotopic (exact) mass is 258 g/mol. The minimum absolute atomic E-state index is 0.266. The average molecular weight is 258 g/mol. The molecule has 0 bridgehead atoms. The van der Waals surface area contributed by atoms with Crippen molar-refractivity contribution in [1.29, 1.82) is 0 Å². The smallest absolute Gasteiger partial charge is 0.175 e. The zero-order valence-corrected chi connectivity index (χ0v) is 11.5. The maximum absolute atomic E-state index is 12.5. The lowest BCUT2D eigenvalue weighted by Gasteiger charge is -2.25. The molecular formula is C16H18OS. The van der Waals surface area contributed by atoms with Gasteiger partial charge in [0.2, 0.25) is 0 Å². The van der Waals surface area contributed by atoms with Crippen LogP contribution in [0.15, 0.2) is 30.3 Å². The molecule has 3 rings (SSSR count).